The number of azo groups is 1. The molecule has 0 aromatic carbocycles. The van der Waals surface area contributed by atoms with Crippen LogP contribution in [0.15, 0.2) is 46.8 Å². The van der Waals surface area contributed by atoms with E-state index in [1.54, 1.807) is 11.6 Å². The molecule has 5 heterocycles. The first kappa shape index (κ1) is 25.7. The Hall–Kier alpha value is -3.96. The van der Waals surface area contributed by atoms with E-state index in [1.165, 1.54) is 11.8 Å². The van der Waals surface area contributed by atoms with Crippen molar-refractivity contribution in [3.63, 3.8) is 0 Å². The third-order valence-electron chi connectivity index (χ3n) is 7.07. The molecule has 0 saturated carbocycles. The maximum Gasteiger partial charge on any atom is 0.243 e. The van der Waals surface area contributed by atoms with Gasteiger partial charge in [0.15, 0.2) is 5.82 Å². The number of aromatic nitrogens is 4. The molecule has 2 aliphatic heterocycles. The molecule has 10 nitrogen and oxygen atoms in total. The number of piperidine rings is 1. The number of anilines is 2. The Kier molecular flexibility index (Phi) is 7.30. The van der Waals surface area contributed by atoms with Crippen molar-refractivity contribution in [2.24, 2.45) is 10.2 Å². The predicted octanol–water partition coefficient (Wildman–Crippen LogP) is 4.52. The molecular formula is C26H31F2N9O. The number of hydrogen-bond donors (Lipinski definition) is 2. The highest BCUT2D eigenvalue weighted by atomic mass is 19.1. The van der Waals surface area contributed by atoms with Crippen LogP contribution in [0.3, 0.4) is 0 Å². The van der Waals surface area contributed by atoms with Gasteiger partial charge in [-0.05, 0) is 37.5 Å². The molecule has 1 saturated heterocycles. The Morgan fingerprint density at radius 1 is 1.26 bits per heavy atom. The van der Waals surface area contributed by atoms with Crippen LogP contribution in [-0.2, 0) is 11.2 Å². The van der Waals surface area contributed by atoms with Crippen LogP contribution in [0.2, 0.25) is 0 Å². The summed E-state index contributed by atoms with van der Waals surface area (Å²) < 4.78 is 29.1. The number of hydrogen-bond acceptors (Lipinski definition) is 8. The molecule has 1 unspecified atom stereocenters. The van der Waals surface area contributed by atoms with Gasteiger partial charge in [-0.2, -0.15) is 15.2 Å². The summed E-state index contributed by atoms with van der Waals surface area (Å²) in [6.45, 7) is 5.67. The van der Waals surface area contributed by atoms with Gasteiger partial charge in [-0.3, -0.25) is 14.2 Å². The molecule has 0 aliphatic carbocycles. The van der Waals surface area contributed by atoms with Crippen LogP contribution in [0.1, 0.15) is 31.9 Å². The summed E-state index contributed by atoms with van der Waals surface area (Å²) in [7, 11) is 1.76. The number of rotatable bonds is 8. The smallest absolute Gasteiger partial charge is 0.243 e. The Morgan fingerprint density at radius 3 is 2.84 bits per heavy atom. The van der Waals surface area contributed by atoms with Crippen LogP contribution in [0, 0.1) is 0 Å². The molecule has 38 heavy (non-hydrogen) atoms. The maximum absolute atomic E-state index is 14.8. The average molecular weight is 524 g/mol. The molecule has 1 amide bonds. The number of carbonyl (C=O) groups excluding carboxylic acids is 1. The number of halogens is 2. The van der Waals surface area contributed by atoms with Crippen LogP contribution >= 0.6 is 0 Å². The minimum Gasteiger partial charge on any atom is -0.371 e. The number of amides is 1. The van der Waals surface area contributed by atoms with Crippen molar-refractivity contribution in [2.45, 2.75) is 50.9 Å². The van der Waals surface area contributed by atoms with Gasteiger partial charge in [-0.1, -0.05) is 12.2 Å². The van der Waals surface area contributed by atoms with E-state index < -0.39 is 12.2 Å². The summed E-state index contributed by atoms with van der Waals surface area (Å²) in [5.41, 5.74) is 4.66. The van der Waals surface area contributed by atoms with E-state index in [1.807, 2.05) is 24.4 Å². The summed E-state index contributed by atoms with van der Waals surface area (Å²) in [6, 6.07) is 4.97. The van der Waals surface area contributed by atoms with Crippen molar-refractivity contribution in [3.05, 3.63) is 42.2 Å². The van der Waals surface area contributed by atoms with Crippen molar-refractivity contribution < 1.29 is 13.6 Å². The standard InChI is InChI=1S/C26H31F2N9O/c1-15(5-4-10-27)22-13-23-21(33-34-22)7-6-19(30-23)17-8-12-37-24(17)25(29-3)32-26(35-37)31-20-9-11-36(16(2)38)14-18(20)28/h6-8,12,18,20,22H,1,4-5,9-11,13-14H2,2-3H3,(H2,29,31,32,35)/t18-,20+,22?/m0/s1. The van der Waals surface area contributed by atoms with Crippen LogP contribution in [-0.4, -0.2) is 75.5 Å². The van der Waals surface area contributed by atoms with Gasteiger partial charge in [0, 0.05) is 38.7 Å². The lowest BCUT2D eigenvalue weighted by Gasteiger charge is -2.34. The minimum atomic E-state index is -1.22. The number of pyridine rings is 1. The molecule has 2 aliphatic rings. The SMILES string of the molecule is C=C(CCCF)C1Cc2nc(-c3ccn4nc(N[C@@H]5CCN(C(C)=O)C[C@@H]5F)nc(NC)c34)ccc2N=N1. The summed E-state index contributed by atoms with van der Waals surface area (Å²) in [5.74, 6) is 0.731. The molecule has 0 bridgehead atoms. The van der Waals surface area contributed by atoms with Crippen molar-refractivity contribution in [3.8, 4) is 11.3 Å². The van der Waals surface area contributed by atoms with Crippen molar-refractivity contribution >= 4 is 28.9 Å². The second kappa shape index (κ2) is 10.8. The zero-order chi connectivity index (χ0) is 26.8. The number of alkyl halides is 2. The highest BCUT2D eigenvalue weighted by molar-refractivity contribution is 5.87. The number of carbonyl (C=O) groups is 1. The molecule has 3 atom stereocenters. The highest BCUT2D eigenvalue weighted by Gasteiger charge is 2.31. The molecule has 1 fully saturated rings. The quantitative estimate of drug-likeness (QED) is 0.420. The normalized spacial score (nSPS) is 20.8. The second-order valence-electron chi connectivity index (χ2n) is 9.63. The largest absolute Gasteiger partial charge is 0.371 e. The van der Waals surface area contributed by atoms with Gasteiger partial charge in [0.05, 0.1) is 36.7 Å². The summed E-state index contributed by atoms with van der Waals surface area (Å²) in [5, 5.41) is 19.5. The lowest BCUT2D eigenvalue weighted by Crippen LogP contribution is -2.49. The van der Waals surface area contributed by atoms with Gasteiger partial charge < -0.3 is 15.5 Å². The lowest BCUT2D eigenvalue weighted by molar-refractivity contribution is -0.131. The third kappa shape index (κ3) is 5.07. The Labute approximate surface area is 219 Å². The average Bonchev–Trinajstić information content (AvgIpc) is 3.35. The first-order valence-corrected chi connectivity index (χ1v) is 12.8. The van der Waals surface area contributed by atoms with Crippen molar-refractivity contribution in [1.82, 2.24) is 24.5 Å². The fraction of sp³-hybridized carbons (Fsp3) is 0.462. The van der Waals surface area contributed by atoms with Gasteiger partial charge in [-0.25, -0.2) is 8.91 Å². The number of fused-ring (bicyclic) bond motifs is 2. The second-order valence-corrected chi connectivity index (χ2v) is 9.63. The third-order valence-corrected chi connectivity index (χ3v) is 7.07. The molecule has 5 rings (SSSR count). The van der Waals surface area contributed by atoms with E-state index in [-0.39, 0.29) is 25.2 Å². The van der Waals surface area contributed by atoms with E-state index in [9.17, 15) is 13.6 Å². The maximum atomic E-state index is 14.8. The van der Waals surface area contributed by atoms with E-state index in [0.29, 0.717) is 49.7 Å². The monoisotopic (exact) mass is 523 g/mol. The minimum absolute atomic E-state index is 0.0510. The van der Waals surface area contributed by atoms with E-state index in [0.717, 1.165) is 28.0 Å². The molecule has 3 aromatic rings. The number of nitrogens with one attached hydrogen (secondary N) is 2. The summed E-state index contributed by atoms with van der Waals surface area (Å²) in [6.07, 6.45) is 2.60. The van der Waals surface area contributed by atoms with E-state index >= 15 is 0 Å². The Balaban J connectivity index is 1.39. The highest BCUT2D eigenvalue weighted by Crippen LogP contribution is 2.34. The van der Waals surface area contributed by atoms with Gasteiger partial charge in [0.25, 0.3) is 0 Å². The van der Waals surface area contributed by atoms with Gasteiger partial charge >= 0.3 is 0 Å². The van der Waals surface area contributed by atoms with Crippen LogP contribution < -0.4 is 10.6 Å². The van der Waals surface area contributed by atoms with Crippen LogP contribution in [0.25, 0.3) is 16.8 Å². The Morgan fingerprint density at radius 2 is 2.11 bits per heavy atom. The predicted molar refractivity (Wildman–Crippen MR) is 141 cm³/mol. The zero-order valence-electron chi connectivity index (χ0n) is 21.5. The van der Waals surface area contributed by atoms with Gasteiger partial charge in [0.2, 0.25) is 11.9 Å². The Bertz CT molecular complexity index is 1390. The van der Waals surface area contributed by atoms with Gasteiger partial charge in [0.1, 0.15) is 17.4 Å². The molecule has 200 valence electrons. The van der Waals surface area contributed by atoms with Crippen molar-refractivity contribution in [1.29, 1.82) is 0 Å². The van der Waals surface area contributed by atoms with Gasteiger partial charge in [-0.15, -0.1) is 5.10 Å². The molecule has 12 heteroatoms. The summed E-state index contributed by atoms with van der Waals surface area (Å²) >= 11 is 0. The molecule has 2 N–H and O–H groups in total. The summed E-state index contributed by atoms with van der Waals surface area (Å²) in [4.78, 5) is 22.6. The number of nitrogens with zero attached hydrogens (tertiary/aromatic N) is 7. The number of likely N-dealkylation sites (tertiary alicyclic amines) is 1. The molecule has 3 aromatic heterocycles. The van der Waals surface area contributed by atoms with Crippen molar-refractivity contribution in [2.75, 3.05) is 37.4 Å². The van der Waals surface area contributed by atoms with E-state index in [2.05, 4.69) is 37.5 Å². The molecular weight excluding hydrogens is 492 g/mol. The first-order valence-electron chi connectivity index (χ1n) is 12.8. The molecule has 0 radical (unpaired) electrons. The lowest BCUT2D eigenvalue weighted by atomic mass is 9.98. The molecule has 0 spiro atoms. The topological polar surface area (TPSA) is 112 Å². The fourth-order valence-electron chi connectivity index (χ4n) is 4.91. The van der Waals surface area contributed by atoms with Crippen LogP contribution in [0.4, 0.5) is 26.2 Å². The van der Waals surface area contributed by atoms with Crippen LogP contribution in [0.5, 0.6) is 0 Å². The first-order chi connectivity index (χ1) is 18.4. The van der Waals surface area contributed by atoms with E-state index in [4.69, 9.17) is 4.98 Å². The fourth-order valence-corrected chi connectivity index (χ4v) is 4.91. The zero-order valence-corrected chi connectivity index (χ0v) is 21.5.